The van der Waals surface area contributed by atoms with Crippen LogP contribution in [-0.2, 0) is 0 Å². The molecule has 0 aliphatic heterocycles. The maximum atomic E-state index is 13.8. The van der Waals surface area contributed by atoms with Gasteiger partial charge in [-0.15, -0.1) is 0 Å². The monoisotopic (exact) mass is 308 g/mol. The number of furan rings is 1. The van der Waals surface area contributed by atoms with E-state index in [0.717, 1.165) is 23.2 Å². The van der Waals surface area contributed by atoms with E-state index in [-0.39, 0.29) is 11.6 Å². The van der Waals surface area contributed by atoms with E-state index >= 15 is 0 Å². The van der Waals surface area contributed by atoms with Gasteiger partial charge in [-0.3, -0.25) is 0 Å². The molecule has 1 aromatic carbocycles. The molecule has 1 atom stereocenters. The summed E-state index contributed by atoms with van der Waals surface area (Å²) in [5.41, 5.74) is 1.56. The number of aryl methyl sites for hydroxylation is 2. The van der Waals surface area contributed by atoms with Gasteiger partial charge >= 0.3 is 0 Å². The van der Waals surface area contributed by atoms with Crippen molar-refractivity contribution in [2.75, 3.05) is 0 Å². The van der Waals surface area contributed by atoms with Gasteiger partial charge in [0.05, 0.1) is 11.6 Å². The number of hydrogen-bond acceptors (Lipinski definition) is 2. The van der Waals surface area contributed by atoms with Crippen molar-refractivity contribution in [1.82, 2.24) is 9.55 Å². The molecule has 0 aliphatic rings. The van der Waals surface area contributed by atoms with E-state index in [1.54, 1.807) is 4.57 Å². The zero-order valence-electron chi connectivity index (χ0n) is 11.8. The molecule has 3 nitrogen and oxygen atoms in total. The number of hydrogen-bond donors (Lipinski definition) is 1. The van der Waals surface area contributed by atoms with Crippen LogP contribution in [0.15, 0.2) is 22.6 Å². The van der Waals surface area contributed by atoms with Crippen molar-refractivity contribution in [2.24, 2.45) is 0 Å². The highest BCUT2D eigenvalue weighted by atomic mass is 32.1. The van der Waals surface area contributed by atoms with Gasteiger partial charge in [-0.05, 0) is 45.1 Å². The SMILES string of the molecule is Cc1cc(C(C)n2c(=S)[nH]c3c(F)cc(F)cc32)c(C)o1. The Labute approximate surface area is 125 Å². The molecule has 2 aromatic heterocycles. The number of imidazole rings is 1. The maximum absolute atomic E-state index is 13.8. The van der Waals surface area contributed by atoms with Gasteiger partial charge in [0.2, 0.25) is 0 Å². The van der Waals surface area contributed by atoms with E-state index in [4.69, 9.17) is 16.6 Å². The summed E-state index contributed by atoms with van der Waals surface area (Å²) in [6.45, 7) is 5.64. The van der Waals surface area contributed by atoms with Crippen molar-refractivity contribution in [3.05, 3.63) is 51.7 Å². The Hall–Kier alpha value is -1.95. The van der Waals surface area contributed by atoms with Gasteiger partial charge in [0.1, 0.15) is 22.9 Å². The van der Waals surface area contributed by atoms with Gasteiger partial charge in [0, 0.05) is 11.6 Å². The number of rotatable bonds is 2. The first-order valence-electron chi connectivity index (χ1n) is 6.54. The average Bonchev–Trinajstić information content (AvgIpc) is 2.88. The van der Waals surface area contributed by atoms with Gasteiger partial charge in [0.25, 0.3) is 0 Å². The Kier molecular flexibility index (Phi) is 3.20. The standard InChI is InChI=1S/C15H14F2N2OS/c1-7-4-11(9(3)20-7)8(2)19-13-6-10(16)5-12(17)14(13)18-15(19)21/h4-6,8H,1-3H3,(H,18,21). The number of fused-ring (bicyclic) bond motifs is 1. The third kappa shape index (κ3) is 2.19. The molecule has 2 heterocycles. The highest BCUT2D eigenvalue weighted by Crippen LogP contribution is 2.29. The van der Waals surface area contributed by atoms with Gasteiger partial charge in [-0.2, -0.15) is 0 Å². The molecule has 0 amide bonds. The minimum Gasteiger partial charge on any atom is -0.466 e. The Morgan fingerprint density at radius 3 is 2.57 bits per heavy atom. The molecule has 1 unspecified atom stereocenters. The Morgan fingerprint density at radius 2 is 1.95 bits per heavy atom. The number of aromatic nitrogens is 2. The highest BCUT2D eigenvalue weighted by Gasteiger charge is 2.19. The van der Waals surface area contributed by atoms with Crippen molar-refractivity contribution < 1.29 is 13.2 Å². The van der Waals surface area contributed by atoms with Crippen LogP contribution in [0.3, 0.4) is 0 Å². The van der Waals surface area contributed by atoms with E-state index in [2.05, 4.69) is 4.98 Å². The summed E-state index contributed by atoms with van der Waals surface area (Å²) < 4.78 is 34.9. The average molecular weight is 308 g/mol. The van der Waals surface area contributed by atoms with Crippen molar-refractivity contribution in [1.29, 1.82) is 0 Å². The van der Waals surface area contributed by atoms with Gasteiger partial charge < -0.3 is 14.0 Å². The smallest absolute Gasteiger partial charge is 0.178 e. The van der Waals surface area contributed by atoms with E-state index in [1.807, 2.05) is 26.8 Å². The summed E-state index contributed by atoms with van der Waals surface area (Å²) >= 11 is 5.27. The predicted octanol–water partition coefficient (Wildman–Crippen LogP) is 4.80. The lowest BCUT2D eigenvalue weighted by atomic mass is 10.1. The second kappa shape index (κ2) is 4.80. The molecule has 3 rings (SSSR count). The first kappa shape index (κ1) is 14.0. The van der Waals surface area contributed by atoms with Crippen LogP contribution in [-0.4, -0.2) is 9.55 Å². The first-order valence-corrected chi connectivity index (χ1v) is 6.95. The zero-order valence-corrected chi connectivity index (χ0v) is 12.6. The first-order chi connectivity index (χ1) is 9.88. The van der Waals surface area contributed by atoms with Crippen molar-refractivity contribution >= 4 is 23.3 Å². The van der Waals surface area contributed by atoms with Crippen LogP contribution in [0.4, 0.5) is 8.78 Å². The van der Waals surface area contributed by atoms with E-state index in [9.17, 15) is 8.78 Å². The fourth-order valence-corrected chi connectivity index (χ4v) is 3.10. The Bertz CT molecular complexity index is 891. The number of H-pyrrole nitrogens is 1. The minimum absolute atomic E-state index is 0.190. The highest BCUT2D eigenvalue weighted by molar-refractivity contribution is 7.71. The Morgan fingerprint density at radius 1 is 1.24 bits per heavy atom. The van der Waals surface area contributed by atoms with Gasteiger partial charge in [-0.1, -0.05) is 0 Å². The van der Waals surface area contributed by atoms with E-state index in [1.165, 1.54) is 6.07 Å². The summed E-state index contributed by atoms with van der Waals surface area (Å²) in [5, 5.41) is 0. The largest absolute Gasteiger partial charge is 0.466 e. The molecule has 6 heteroatoms. The van der Waals surface area contributed by atoms with Crippen molar-refractivity contribution in [3.63, 3.8) is 0 Å². The number of benzene rings is 1. The predicted molar refractivity (Wildman–Crippen MR) is 79.0 cm³/mol. The van der Waals surface area contributed by atoms with Gasteiger partial charge in [-0.25, -0.2) is 8.78 Å². The van der Waals surface area contributed by atoms with E-state index < -0.39 is 11.6 Å². The normalized spacial score (nSPS) is 13.0. The molecule has 0 fully saturated rings. The molecule has 0 aliphatic carbocycles. The Balaban J connectivity index is 2.27. The summed E-state index contributed by atoms with van der Waals surface area (Å²) in [6.07, 6.45) is 0. The second-order valence-electron chi connectivity index (χ2n) is 5.13. The third-order valence-electron chi connectivity index (χ3n) is 3.66. The van der Waals surface area contributed by atoms with Crippen LogP contribution in [0.1, 0.15) is 30.0 Å². The number of halogens is 2. The molecular weight excluding hydrogens is 294 g/mol. The molecule has 21 heavy (non-hydrogen) atoms. The van der Waals surface area contributed by atoms with Crippen LogP contribution >= 0.6 is 12.2 Å². The molecule has 1 N–H and O–H groups in total. The van der Waals surface area contributed by atoms with Crippen LogP contribution in [0, 0.1) is 30.3 Å². The fraction of sp³-hybridized carbons (Fsp3) is 0.267. The summed E-state index contributed by atoms with van der Waals surface area (Å²) in [7, 11) is 0. The lowest BCUT2D eigenvalue weighted by Gasteiger charge is -2.14. The molecule has 0 radical (unpaired) electrons. The summed E-state index contributed by atoms with van der Waals surface area (Å²) in [6, 6.07) is 3.85. The van der Waals surface area contributed by atoms with E-state index in [0.29, 0.717) is 10.3 Å². The fourth-order valence-electron chi connectivity index (χ4n) is 2.74. The lowest BCUT2D eigenvalue weighted by molar-refractivity contribution is 0.494. The van der Waals surface area contributed by atoms with Gasteiger partial charge in [0.15, 0.2) is 10.6 Å². The zero-order chi connectivity index (χ0) is 15.3. The molecule has 110 valence electrons. The van der Waals surface area contributed by atoms with Crippen LogP contribution in [0.2, 0.25) is 0 Å². The molecule has 0 saturated carbocycles. The quantitative estimate of drug-likeness (QED) is 0.690. The van der Waals surface area contributed by atoms with Crippen LogP contribution < -0.4 is 0 Å². The number of nitrogens with one attached hydrogen (secondary N) is 1. The molecule has 0 spiro atoms. The molecular formula is C15H14F2N2OS. The summed E-state index contributed by atoms with van der Waals surface area (Å²) in [4.78, 5) is 2.80. The number of nitrogens with zero attached hydrogens (tertiary/aromatic N) is 1. The van der Waals surface area contributed by atoms with Crippen molar-refractivity contribution in [3.8, 4) is 0 Å². The molecule has 3 aromatic rings. The maximum Gasteiger partial charge on any atom is 0.178 e. The number of aromatic amines is 1. The van der Waals surface area contributed by atoms with Crippen molar-refractivity contribution in [2.45, 2.75) is 26.8 Å². The molecule has 0 bridgehead atoms. The van der Waals surface area contributed by atoms with Crippen LogP contribution in [0.25, 0.3) is 11.0 Å². The summed E-state index contributed by atoms with van der Waals surface area (Å²) in [5.74, 6) is 0.281. The second-order valence-corrected chi connectivity index (χ2v) is 5.51. The topological polar surface area (TPSA) is 33.9 Å². The third-order valence-corrected chi connectivity index (χ3v) is 3.96. The molecule has 0 saturated heterocycles. The van der Waals surface area contributed by atoms with Crippen LogP contribution in [0.5, 0.6) is 0 Å². The minimum atomic E-state index is -0.651. The lowest BCUT2D eigenvalue weighted by Crippen LogP contribution is -2.07.